The molecule has 2 aliphatic rings. The van der Waals surface area contributed by atoms with Crippen LogP contribution >= 0.6 is 0 Å². The van der Waals surface area contributed by atoms with E-state index in [1.54, 1.807) is 12.1 Å². The molecule has 1 amide bonds. The summed E-state index contributed by atoms with van der Waals surface area (Å²) in [6.45, 7) is 7.51. The van der Waals surface area contributed by atoms with E-state index in [1.807, 2.05) is 42.5 Å². The van der Waals surface area contributed by atoms with E-state index < -0.39 is 0 Å². The number of benzene rings is 2. The van der Waals surface area contributed by atoms with Gasteiger partial charge in [-0.25, -0.2) is 5.01 Å². The van der Waals surface area contributed by atoms with Crippen LogP contribution in [0.3, 0.4) is 0 Å². The largest absolute Gasteiger partial charge is 0.496 e. The highest BCUT2D eigenvalue weighted by atomic mass is 16.5. The fourth-order valence-corrected chi connectivity index (χ4v) is 4.26. The molecular weight excluding hydrogens is 376 g/mol. The van der Waals surface area contributed by atoms with E-state index in [0.29, 0.717) is 13.0 Å². The number of carbonyl (C=O) groups excluding carboxylic acids is 1. The molecule has 2 aromatic rings. The van der Waals surface area contributed by atoms with Gasteiger partial charge in [-0.2, -0.15) is 5.10 Å². The van der Waals surface area contributed by atoms with Crippen molar-refractivity contribution in [1.82, 2.24) is 14.8 Å². The number of ether oxygens (including phenoxy) is 1. The fraction of sp³-hybridized carbons (Fsp3) is 0.417. The monoisotopic (exact) mass is 406 g/mol. The summed E-state index contributed by atoms with van der Waals surface area (Å²) in [6.07, 6.45) is 0.680. The molecule has 2 aromatic carbocycles. The van der Waals surface area contributed by atoms with Crippen LogP contribution in [0.25, 0.3) is 0 Å². The maximum atomic E-state index is 13.3. The average molecular weight is 407 g/mol. The summed E-state index contributed by atoms with van der Waals surface area (Å²) in [4.78, 5) is 18.0. The Morgan fingerprint density at radius 3 is 2.37 bits per heavy atom. The highest BCUT2D eigenvalue weighted by Gasteiger charge is 2.35. The molecule has 6 heteroatoms. The minimum Gasteiger partial charge on any atom is -0.496 e. The number of rotatable bonds is 6. The number of hydrazone groups is 1. The first kappa shape index (κ1) is 20.6. The summed E-state index contributed by atoms with van der Waals surface area (Å²) in [5, 5.41) is 6.48. The van der Waals surface area contributed by atoms with Gasteiger partial charge < -0.3 is 9.64 Å². The van der Waals surface area contributed by atoms with Crippen molar-refractivity contribution in [3.63, 3.8) is 0 Å². The van der Waals surface area contributed by atoms with E-state index in [2.05, 4.69) is 28.9 Å². The standard InChI is InChI=1S/C24H30N4O2/c1-3-26-13-15-27(16-14-26)18-24(29)28-22(20-11-7-8-12-23(20)30-2)17-21(25-28)19-9-5-4-6-10-19/h4-12,22H,3,13-18H2,1-2H3/t22-/m0/s1. The summed E-state index contributed by atoms with van der Waals surface area (Å²) in [6, 6.07) is 17.9. The zero-order valence-corrected chi connectivity index (χ0v) is 17.8. The Hall–Kier alpha value is -2.70. The second-order valence-corrected chi connectivity index (χ2v) is 7.82. The first-order chi connectivity index (χ1) is 14.7. The van der Waals surface area contributed by atoms with E-state index in [-0.39, 0.29) is 11.9 Å². The first-order valence-electron chi connectivity index (χ1n) is 10.7. The number of nitrogens with zero attached hydrogens (tertiary/aromatic N) is 4. The number of methoxy groups -OCH3 is 1. The number of likely N-dealkylation sites (N-methyl/N-ethyl adjacent to an activating group) is 1. The third-order valence-electron chi connectivity index (χ3n) is 6.04. The normalized spacial score (nSPS) is 20.3. The highest BCUT2D eigenvalue weighted by Crippen LogP contribution is 2.37. The number of amides is 1. The summed E-state index contributed by atoms with van der Waals surface area (Å²) in [5.41, 5.74) is 3.00. The van der Waals surface area contributed by atoms with Gasteiger partial charge >= 0.3 is 0 Å². The molecule has 0 spiro atoms. The molecule has 2 aliphatic heterocycles. The fourth-order valence-electron chi connectivity index (χ4n) is 4.26. The maximum absolute atomic E-state index is 13.3. The van der Waals surface area contributed by atoms with Crippen molar-refractivity contribution in [2.75, 3.05) is 46.4 Å². The summed E-state index contributed by atoms with van der Waals surface area (Å²) >= 11 is 0. The second-order valence-electron chi connectivity index (χ2n) is 7.82. The molecule has 0 bridgehead atoms. The van der Waals surface area contributed by atoms with Gasteiger partial charge in [0.15, 0.2) is 0 Å². The lowest BCUT2D eigenvalue weighted by Gasteiger charge is -2.34. The summed E-state index contributed by atoms with van der Waals surface area (Å²) < 4.78 is 5.60. The zero-order valence-electron chi connectivity index (χ0n) is 17.8. The lowest BCUT2D eigenvalue weighted by molar-refractivity contribution is -0.134. The van der Waals surface area contributed by atoms with Crippen molar-refractivity contribution in [2.45, 2.75) is 19.4 Å². The molecule has 6 nitrogen and oxygen atoms in total. The van der Waals surface area contributed by atoms with Gasteiger partial charge in [0, 0.05) is 38.2 Å². The summed E-state index contributed by atoms with van der Waals surface area (Å²) in [7, 11) is 1.67. The van der Waals surface area contributed by atoms with Gasteiger partial charge in [0.1, 0.15) is 5.75 Å². The van der Waals surface area contributed by atoms with Gasteiger partial charge in [-0.05, 0) is 18.2 Å². The Morgan fingerprint density at radius 1 is 1.00 bits per heavy atom. The van der Waals surface area contributed by atoms with Gasteiger partial charge in [0.25, 0.3) is 5.91 Å². The molecule has 0 N–H and O–H groups in total. The molecule has 1 saturated heterocycles. The Morgan fingerprint density at radius 2 is 1.67 bits per heavy atom. The first-order valence-corrected chi connectivity index (χ1v) is 10.7. The van der Waals surface area contributed by atoms with Crippen molar-refractivity contribution in [1.29, 1.82) is 0 Å². The third-order valence-corrected chi connectivity index (χ3v) is 6.04. The van der Waals surface area contributed by atoms with Crippen LogP contribution in [-0.2, 0) is 4.79 Å². The molecule has 30 heavy (non-hydrogen) atoms. The predicted octanol–water partition coefficient (Wildman–Crippen LogP) is 3.01. The minimum absolute atomic E-state index is 0.0433. The van der Waals surface area contributed by atoms with Crippen molar-refractivity contribution in [3.8, 4) is 5.75 Å². The molecule has 0 radical (unpaired) electrons. The van der Waals surface area contributed by atoms with Crippen molar-refractivity contribution >= 4 is 11.6 Å². The number of para-hydroxylation sites is 1. The van der Waals surface area contributed by atoms with Gasteiger partial charge in [0.05, 0.1) is 25.4 Å². The summed E-state index contributed by atoms with van der Waals surface area (Å²) in [5.74, 6) is 0.836. The van der Waals surface area contributed by atoms with Crippen LogP contribution in [0.4, 0.5) is 0 Å². The average Bonchev–Trinajstić information content (AvgIpc) is 3.25. The lowest BCUT2D eigenvalue weighted by atomic mass is 9.97. The van der Waals surface area contributed by atoms with Gasteiger partial charge in [-0.1, -0.05) is 55.5 Å². The molecule has 0 aliphatic carbocycles. The molecule has 2 heterocycles. The number of piperazine rings is 1. The second kappa shape index (κ2) is 9.41. The van der Waals surface area contributed by atoms with Crippen LogP contribution in [0.15, 0.2) is 59.7 Å². The van der Waals surface area contributed by atoms with Crippen LogP contribution in [0.1, 0.15) is 30.5 Å². The van der Waals surface area contributed by atoms with E-state index >= 15 is 0 Å². The molecule has 0 unspecified atom stereocenters. The van der Waals surface area contributed by atoms with Crippen LogP contribution in [0, 0.1) is 0 Å². The topological polar surface area (TPSA) is 48.4 Å². The van der Waals surface area contributed by atoms with E-state index in [9.17, 15) is 4.79 Å². The van der Waals surface area contributed by atoms with E-state index in [4.69, 9.17) is 9.84 Å². The lowest BCUT2D eigenvalue weighted by Crippen LogP contribution is -2.49. The van der Waals surface area contributed by atoms with Crippen molar-refractivity contribution in [2.24, 2.45) is 5.10 Å². The van der Waals surface area contributed by atoms with Crippen LogP contribution < -0.4 is 4.74 Å². The molecular formula is C24H30N4O2. The SMILES string of the molecule is CCN1CCN(CC(=O)N2N=C(c3ccccc3)C[C@H]2c2ccccc2OC)CC1. The Bertz CT molecular complexity index is 891. The number of carbonyl (C=O) groups is 1. The van der Waals surface area contributed by atoms with Gasteiger partial charge in [-0.15, -0.1) is 0 Å². The quantitative estimate of drug-likeness (QED) is 0.740. The molecule has 1 fully saturated rings. The molecule has 158 valence electrons. The van der Waals surface area contributed by atoms with Crippen LogP contribution in [0.5, 0.6) is 5.75 Å². The molecule has 0 saturated carbocycles. The predicted molar refractivity (Wildman–Crippen MR) is 119 cm³/mol. The van der Waals surface area contributed by atoms with Crippen LogP contribution in [-0.4, -0.2) is 72.8 Å². The molecule has 0 aromatic heterocycles. The number of hydrogen-bond donors (Lipinski definition) is 0. The van der Waals surface area contributed by atoms with E-state index in [0.717, 1.165) is 55.3 Å². The van der Waals surface area contributed by atoms with Gasteiger partial charge in [0.2, 0.25) is 0 Å². The number of hydrogen-bond acceptors (Lipinski definition) is 5. The van der Waals surface area contributed by atoms with E-state index in [1.165, 1.54) is 0 Å². The van der Waals surface area contributed by atoms with Crippen molar-refractivity contribution in [3.05, 3.63) is 65.7 Å². The molecule has 4 rings (SSSR count). The van der Waals surface area contributed by atoms with Crippen molar-refractivity contribution < 1.29 is 9.53 Å². The highest BCUT2D eigenvalue weighted by molar-refractivity contribution is 6.03. The minimum atomic E-state index is -0.152. The third kappa shape index (κ3) is 4.40. The zero-order chi connectivity index (χ0) is 20.9. The Labute approximate surface area is 178 Å². The van der Waals surface area contributed by atoms with Crippen LogP contribution in [0.2, 0.25) is 0 Å². The Balaban J connectivity index is 1.57. The van der Waals surface area contributed by atoms with Gasteiger partial charge in [-0.3, -0.25) is 9.69 Å². The smallest absolute Gasteiger partial charge is 0.257 e. The Kier molecular flexibility index (Phi) is 6.45. The molecule has 1 atom stereocenters. The maximum Gasteiger partial charge on any atom is 0.257 e.